The summed E-state index contributed by atoms with van der Waals surface area (Å²) in [5.41, 5.74) is 3.20. The van der Waals surface area contributed by atoms with E-state index in [0.717, 1.165) is 17.5 Å². The van der Waals surface area contributed by atoms with E-state index in [1.807, 2.05) is 23.6 Å². The second-order valence-corrected chi connectivity index (χ2v) is 5.71. The molecule has 0 aromatic carbocycles. The zero-order valence-electron chi connectivity index (χ0n) is 13.4. The molecule has 0 bridgehead atoms. The monoisotopic (exact) mass is 363 g/mol. The highest BCUT2D eigenvalue weighted by Gasteiger charge is 2.13. The van der Waals surface area contributed by atoms with Gasteiger partial charge in [0.1, 0.15) is 12.7 Å². The van der Waals surface area contributed by atoms with Gasteiger partial charge >= 0.3 is 12.1 Å². The van der Waals surface area contributed by atoms with Gasteiger partial charge in [-0.25, -0.2) is 20.6 Å². The van der Waals surface area contributed by atoms with Crippen molar-refractivity contribution in [2.75, 3.05) is 12.4 Å². The molecule has 0 saturated heterocycles. The van der Waals surface area contributed by atoms with Crippen LogP contribution >= 0.6 is 11.8 Å². The van der Waals surface area contributed by atoms with Gasteiger partial charge in [-0.1, -0.05) is 17.8 Å². The Morgan fingerprint density at radius 2 is 2.08 bits per heavy atom. The molecular formula is C15H17N5O4S. The highest BCUT2D eigenvalue weighted by molar-refractivity contribution is 7.99. The first kappa shape index (κ1) is 18.6. The van der Waals surface area contributed by atoms with Crippen molar-refractivity contribution in [2.45, 2.75) is 18.2 Å². The molecule has 1 unspecified atom stereocenters. The highest BCUT2D eigenvalue weighted by Crippen LogP contribution is 2.18. The van der Waals surface area contributed by atoms with E-state index < -0.39 is 18.2 Å². The zero-order chi connectivity index (χ0) is 18.1. The van der Waals surface area contributed by atoms with Gasteiger partial charge in [0.05, 0.1) is 17.1 Å². The van der Waals surface area contributed by atoms with Crippen molar-refractivity contribution in [3.63, 3.8) is 0 Å². The molecule has 2 aromatic heterocycles. The fourth-order valence-electron chi connectivity index (χ4n) is 1.72. The number of carbonyl (C=O) groups excluding carboxylic acids is 2. The smallest absolute Gasteiger partial charge is 0.421 e. The molecule has 0 aliphatic carbocycles. The van der Waals surface area contributed by atoms with Crippen molar-refractivity contribution in [3.05, 3.63) is 36.7 Å². The molecule has 2 aromatic rings. The van der Waals surface area contributed by atoms with Crippen LogP contribution in [0.3, 0.4) is 0 Å². The van der Waals surface area contributed by atoms with Crippen LogP contribution < -0.4 is 11.3 Å². The van der Waals surface area contributed by atoms with Gasteiger partial charge in [0.15, 0.2) is 5.16 Å². The molecule has 0 aliphatic heterocycles. The molecule has 0 spiro atoms. The van der Waals surface area contributed by atoms with Gasteiger partial charge < -0.3 is 9.47 Å². The lowest BCUT2D eigenvalue weighted by Gasteiger charge is -2.13. The Balaban J connectivity index is 1.83. The molecule has 1 amide bonds. The molecule has 132 valence electrons. The van der Waals surface area contributed by atoms with Crippen molar-refractivity contribution in [2.24, 2.45) is 5.84 Å². The van der Waals surface area contributed by atoms with Gasteiger partial charge in [0, 0.05) is 12.4 Å². The van der Waals surface area contributed by atoms with Crippen molar-refractivity contribution in [1.29, 1.82) is 0 Å². The standard InChI is InChI=1S/C15H17N5O4S/c1-10(8-23-15(22)20-16)24-13(21)9-25-14-18-7-5-12(19-14)11-4-2-3-6-17-11/h2-7,10H,8-9,16H2,1H3,(H,20,22). The van der Waals surface area contributed by atoms with Crippen LogP contribution in [0.4, 0.5) is 4.79 Å². The molecule has 25 heavy (non-hydrogen) atoms. The van der Waals surface area contributed by atoms with Crippen LogP contribution in [-0.2, 0) is 14.3 Å². The van der Waals surface area contributed by atoms with E-state index in [9.17, 15) is 9.59 Å². The fraction of sp³-hybridized carbons (Fsp3) is 0.267. The molecule has 2 heterocycles. The van der Waals surface area contributed by atoms with E-state index in [-0.39, 0.29) is 12.4 Å². The Hall–Kier alpha value is -2.72. The lowest BCUT2D eigenvalue weighted by Crippen LogP contribution is -2.33. The summed E-state index contributed by atoms with van der Waals surface area (Å²) in [6.45, 7) is 1.51. The first-order valence-corrected chi connectivity index (χ1v) is 8.27. The predicted octanol–water partition coefficient (Wildman–Crippen LogP) is 1.16. The van der Waals surface area contributed by atoms with Crippen LogP contribution in [-0.4, -0.2) is 45.5 Å². The Morgan fingerprint density at radius 1 is 1.24 bits per heavy atom. The number of hydrogen-bond donors (Lipinski definition) is 2. The van der Waals surface area contributed by atoms with Gasteiger partial charge in [-0.3, -0.25) is 15.2 Å². The average molecular weight is 363 g/mol. The van der Waals surface area contributed by atoms with Crippen LogP contribution in [0.15, 0.2) is 41.8 Å². The van der Waals surface area contributed by atoms with Crippen LogP contribution in [0.1, 0.15) is 6.92 Å². The largest absolute Gasteiger partial charge is 0.458 e. The number of amides is 1. The third-order valence-corrected chi connectivity index (χ3v) is 3.61. The lowest BCUT2D eigenvalue weighted by molar-refractivity contribution is -0.146. The topological polar surface area (TPSA) is 129 Å². The van der Waals surface area contributed by atoms with Gasteiger partial charge in [-0.15, -0.1) is 0 Å². The minimum atomic E-state index is -0.794. The zero-order valence-corrected chi connectivity index (χ0v) is 14.2. The number of nitrogens with zero attached hydrogens (tertiary/aromatic N) is 3. The number of nitrogens with one attached hydrogen (secondary N) is 1. The normalized spacial score (nSPS) is 11.4. The Kier molecular flexibility index (Phi) is 7.11. The predicted molar refractivity (Wildman–Crippen MR) is 90.2 cm³/mol. The van der Waals surface area contributed by atoms with E-state index in [4.69, 9.17) is 15.3 Å². The van der Waals surface area contributed by atoms with Crippen LogP contribution in [0.25, 0.3) is 11.4 Å². The van der Waals surface area contributed by atoms with Crippen molar-refractivity contribution in [3.8, 4) is 11.4 Å². The number of esters is 1. The van der Waals surface area contributed by atoms with Gasteiger partial charge in [-0.05, 0) is 25.1 Å². The molecule has 0 saturated carbocycles. The fourth-order valence-corrected chi connectivity index (χ4v) is 2.33. The van der Waals surface area contributed by atoms with E-state index in [1.54, 1.807) is 25.4 Å². The SMILES string of the molecule is CC(COC(=O)NN)OC(=O)CSc1nccc(-c2ccccn2)n1. The first-order chi connectivity index (χ1) is 12.1. The summed E-state index contributed by atoms with van der Waals surface area (Å²) in [6, 6.07) is 7.26. The lowest BCUT2D eigenvalue weighted by atomic mass is 10.3. The Bertz CT molecular complexity index is 716. The second kappa shape index (κ2) is 9.55. The number of hydrogen-bond acceptors (Lipinski definition) is 9. The van der Waals surface area contributed by atoms with Crippen LogP contribution in [0.2, 0.25) is 0 Å². The number of rotatable bonds is 7. The summed E-state index contributed by atoms with van der Waals surface area (Å²) >= 11 is 1.14. The van der Waals surface area contributed by atoms with E-state index in [1.165, 1.54) is 0 Å². The third kappa shape index (κ3) is 6.36. The maximum atomic E-state index is 11.8. The molecule has 9 nitrogen and oxygen atoms in total. The minimum Gasteiger partial charge on any atom is -0.458 e. The second-order valence-electron chi connectivity index (χ2n) is 4.77. The Morgan fingerprint density at radius 3 is 2.80 bits per heavy atom. The summed E-state index contributed by atoms with van der Waals surface area (Å²) in [5, 5.41) is 0.437. The first-order valence-electron chi connectivity index (χ1n) is 7.28. The van der Waals surface area contributed by atoms with Gasteiger partial charge in [0.25, 0.3) is 0 Å². The van der Waals surface area contributed by atoms with Gasteiger partial charge in [-0.2, -0.15) is 0 Å². The molecule has 3 N–H and O–H groups in total. The molecular weight excluding hydrogens is 346 g/mol. The van der Waals surface area contributed by atoms with Crippen molar-refractivity contribution in [1.82, 2.24) is 20.4 Å². The molecule has 1 atom stereocenters. The summed E-state index contributed by atoms with van der Waals surface area (Å²) < 4.78 is 9.80. The van der Waals surface area contributed by atoms with Crippen molar-refractivity contribution >= 4 is 23.8 Å². The summed E-state index contributed by atoms with van der Waals surface area (Å²) in [5.74, 6) is 4.43. The summed E-state index contributed by atoms with van der Waals surface area (Å²) in [4.78, 5) is 35.3. The maximum Gasteiger partial charge on any atom is 0.421 e. The summed E-state index contributed by atoms with van der Waals surface area (Å²) in [6.07, 6.45) is 1.89. The molecule has 10 heteroatoms. The summed E-state index contributed by atoms with van der Waals surface area (Å²) in [7, 11) is 0. The van der Waals surface area contributed by atoms with E-state index >= 15 is 0 Å². The molecule has 0 fully saturated rings. The minimum absolute atomic E-state index is 0.0269. The van der Waals surface area contributed by atoms with E-state index in [0.29, 0.717) is 10.9 Å². The number of carbonyl (C=O) groups is 2. The Labute approximate surface area is 148 Å². The maximum absolute atomic E-state index is 11.8. The van der Waals surface area contributed by atoms with Gasteiger partial charge in [0.2, 0.25) is 0 Å². The van der Waals surface area contributed by atoms with E-state index in [2.05, 4.69) is 15.0 Å². The number of aromatic nitrogens is 3. The quantitative estimate of drug-likeness (QED) is 0.186. The number of ether oxygens (including phenoxy) is 2. The van der Waals surface area contributed by atoms with Crippen molar-refractivity contribution < 1.29 is 19.1 Å². The molecule has 0 radical (unpaired) electrons. The number of pyridine rings is 1. The molecule has 2 rings (SSSR count). The third-order valence-electron chi connectivity index (χ3n) is 2.78. The number of thioether (sulfide) groups is 1. The highest BCUT2D eigenvalue weighted by atomic mass is 32.2. The molecule has 0 aliphatic rings. The number of nitrogens with two attached hydrogens (primary N) is 1. The van der Waals surface area contributed by atoms with Crippen LogP contribution in [0, 0.1) is 0 Å². The average Bonchev–Trinajstić information content (AvgIpc) is 2.65. The van der Waals surface area contributed by atoms with Crippen LogP contribution in [0.5, 0.6) is 0 Å². The number of hydrazine groups is 1.